The number of rotatable bonds is 5. The highest BCUT2D eigenvalue weighted by atomic mass is 16.2. The molecule has 0 spiro atoms. The average Bonchev–Trinajstić information content (AvgIpc) is 2.74. The van der Waals surface area contributed by atoms with Crippen molar-refractivity contribution in [2.24, 2.45) is 7.05 Å². The van der Waals surface area contributed by atoms with Crippen LogP contribution in [0.25, 0.3) is 0 Å². The zero-order valence-electron chi connectivity index (χ0n) is 12.2. The summed E-state index contributed by atoms with van der Waals surface area (Å²) in [6.07, 6.45) is 2.34. The number of hydrogen-bond donors (Lipinski definition) is 2. The van der Waals surface area contributed by atoms with Gasteiger partial charge >= 0.3 is 5.69 Å². The first-order valence-electron chi connectivity index (χ1n) is 6.72. The summed E-state index contributed by atoms with van der Waals surface area (Å²) < 4.78 is 2.75. The highest BCUT2D eigenvalue weighted by molar-refractivity contribution is 5.91. The van der Waals surface area contributed by atoms with E-state index in [1.807, 2.05) is 13.0 Å². The van der Waals surface area contributed by atoms with Gasteiger partial charge in [0.1, 0.15) is 6.33 Å². The summed E-state index contributed by atoms with van der Waals surface area (Å²) >= 11 is 0. The third kappa shape index (κ3) is 3.71. The fourth-order valence-corrected chi connectivity index (χ4v) is 2.00. The van der Waals surface area contributed by atoms with Gasteiger partial charge in [0.15, 0.2) is 0 Å². The van der Waals surface area contributed by atoms with Crippen LogP contribution >= 0.6 is 0 Å². The summed E-state index contributed by atoms with van der Waals surface area (Å²) in [5.41, 5.74) is 7.83. The number of nitrogen functional groups attached to an aromatic ring is 1. The van der Waals surface area contributed by atoms with Crippen LogP contribution in [0.3, 0.4) is 0 Å². The second-order valence-corrected chi connectivity index (χ2v) is 4.97. The quantitative estimate of drug-likeness (QED) is 0.799. The molecule has 2 aromatic rings. The average molecular weight is 289 g/mol. The van der Waals surface area contributed by atoms with E-state index in [4.69, 9.17) is 5.73 Å². The normalized spacial score (nSPS) is 10.6. The lowest BCUT2D eigenvalue weighted by atomic mass is 10.1. The van der Waals surface area contributed by atoms with Gasteiger partial charge in [-0.15, -0.1) is 0 Å². The molecule has 1 heterocycles. The van der Waals surface area contributed by atoms with Gasteiger partial charge in [-0.25, -0.2) is 9.48 Å². The molecule has 1 aromatic heterocycles. The fourth-order valence-electron chi connectivity index (χ4n) is 2.00. The van der Waals surface area contributed by atoms with Gasteiger partial charge in [0.2, 0.25) is 5.91 Å². The van der Waals surface area contributed by atoms with Gasteiger partial charge in [0, 0.05) is 31.4 Å². The first-order chi connectivity index (χ1) is 9.97. The van der Waals surface area contributed by atoms with Crippen LogP contribution in [0.1, 0.15) is 18.4 Å². The second kappa shape index (κ2) is 6.25. The Hall–Kier alpha value is -2.57. The minimum atomic E-state index is -0.176. The monoisotopic (exact) mass is 289 g/mol. The van der Waals surface area contributed by atoms with E-state index in [-0.39, 0.29) is 11.6 Å². The van der Waals surface area contributed by atoms with Crippen molar-refractivity contribution in [2.75, 3.05) is 11.1 Å². The molecule has 3 N–H and O–H groups in total. The van der Waals surface area contributed by atoms with Crippen molar-refractivity contribution in [3.05, 3.63) is 40.6 Å². The summed E-state index contributed by atoms with van der Waals surface area (Å²) in [6.45, 7) is 2.31. The molecule has 0 radical (unpaired) electrons. The summed E-state index contributed by atoms with van der Waals surface area (Å²) in [7, 11) is 1.64. The van der Waals surface area contributed by atoms with Crippen LogP contribution < -0.4 is 16.7 Å². The first-order valence-corrected chi connectivity index (χ1v) is 6.72. The Balaban J connectivity index is 1.85. The molecule has 0 unspecified atom stereocenters. The van der Waals surface area contributed by atoms with Gasteiger partial charge in [-0.2, -0.15) is 5.10 Å². The molecule has 112 valence electrons. The maximum Gasteiger partial charge on any atom is 0.345 e. The third-order valence-corrected chi connectivity index (χ3v) is 3.19. The van der Waals surface area contributed by atoms with Gasteiger partial charge in [0.05, 0.1) is 0 Å². The van der Waals surface area contributed by atoms with E-state index in [9.17, 15) is 9.59 Å². The van der Waals surface area contributed by atoms with Gasteiger partial charge in [0.25, 0.3) is 0 Å². The molecule has 21 heavy (non-hydrogen) atoms. The summed E-state index contributed by atoms with van der Waals surface area (Å²) in [5, 5.41) is 6.78. The maximum absolute atomic E-state index is 11.9. The maximum atomic E-state index is 11.9. The van der Waals surface area contributed by atoms with E-state index in [0.29, 0.717) is 25.1 Å². The Morgan fingerprint density at radius 3 is 2.81 bits per heavy atom. The number of benzene rings is 1. The number of hydrogen-bond acceptors (Lipinski definition) is 4. The van der Waals surface area contributed by atoms with Crippen LogP contribution in [0.5, 0.6) is 0 Å². The van der Waals surface area contributed by atoms with Crippen molar-refractivity contribution in [3.63, 3.8) is 0 Å². The molecule has 0 aliphatic heterocycles. The number of nitrogens with two attached hydrogens (primary N) is 1. The molecule has 0 aliphatic carbocycles. The number of aryl methyl sites for hydroxylation is 3. The number of amides is 1. The molecule has 0 atom stereocenters. The summed E-state index contributed by atoms with van der Waals surface area (Å²) in [6, 6.07) is 5.34. The summed E-state index contributed by atoms with van der Waals surface area (Å²) in [5.74, 6) is -0.0909. The van der Waals surface area contributed by atoms with E-state index in [0.717, 1.165) is 11.3 Å². The molecule has 7 nitrogen and oxygen atoms in total. The van der Waals surface area contributed by atoms with E-state index >= 15 is 0 Å². The van der Waals surface area contributed by atoms with Gasteiger partial charge in [-0.3, -0.25) is 9.36 Å². The molecule has 1 amide bonds. The van der Waals surface area contributed by atoms with Crippen molar-refractivity contribution >= 4 is 17.3 Å². The van der Waals surface area contributed by atoms with Crippen LogP contribution in [0.2, 0.25) is 0 Å². The number of carbonyl (C=O) groups excluding carboxylic acids is 1. The van der Waals surface area contributed by atoms with Crippen molar-refractivity contribution in [2.45, 2.75) is 26.3 Å². The Morgan fingerprint density at radius 1 is 1.43 bits per heavy atom. The molecule has 0 saturated carbocycles. The van der Waals surface area contributed by atoms with Crippen molar-refractivity contribution in [3.8, 4) is 0 Å². The van der Waals surface area contributed by atoms with E-state index in [1.165, 1.54) is 15.6 Å². The van der Waals surface area contributed by atoms with E-state index < -0.39 is 0 Å². The SMILES string of the molecule is Cc1cc(N)ccc1NC(=O)CCCn1ncn(C)c1=O. The Labute approximate surface area is 122 Å². The molecule has 0 bridgehead atoms. The number of anilines is 2. The predicted octanol–water partition coefficient (Wildman–Crippen LogP) is 0.891. The molecule has 0 fully saturated rings. The summed E-state index contributed by atoms with van der Waals surface area (Å²) in [4.78, 5) is 23.4. The lowest BCUT2D eigenvalue weighted by molar-refractivity contribution is -0.116. The molecular formula is C14H19N5O2. The largest absolute Gasteiger partial charge is 0.399 e. The lowest BCUT2D eigenvalue weighted by Crippen LogP contribution is -2.23. The number of nitrogens with zero attached hydrogens (tertiary/aromatic N) is 3. The second-order valence-electron chi connectivity index (χ2n) is 4.97. The van der Waals surface area contributed by atoms with Crippen molar-refractivity contribution in [1.82, 2.24) is 14.3 Å². The molecule has 0 aliphatic rings. The first kappa shape index (κ1) is 14.8. The van der Waals surface area contributed by atoms with Crippen LogP contribution in [-0.4, -0.2) is 20.3 Å². The molecular weight excluding hydrogens is 270 g/mol. The number of nitrogens with one attached hydrogen (secondary N) is 1. The van der Waals surface area contributed by atoms with Crippen LogP contribution in [-0.2, 0) is 18.4 Å². The van der Waals surface area contributed by atoms with Crippen LogP contribution in [0.4, 0.5) is 11.4 Å². The Kier molecular flexibility index (Phi) is 4.42. The molecule has 1 aromatic carbocycles. The Bertz CT molecular complexity index is 702. The van der Waals surface area contributed by atoms with Crippen LogP contribution in [0, 0.1) is 6.92 Å². The van der Waals surface area contributed by atoms with Gasteiger partial charge in [-0.05, 0) is 37.1 Å². The molecule has 7 heteroatoms. The zero-order valence-corrected chi connectivity index (χ0v) is 12.2. The standard InChI is InChI=1S/C14H19N5O2/c1-10-8-11(15)5-6-12(10)17-13(20)4-3-7-19-14(21)18(2)9-16-19/h5-6,8-9H,3-4,7,15H2,1-2H3,(H,17,20). The number of aromatic nitrogens is 3. The third-order valence-electron chi connectivity index (χ3n) is 3.19. The zero-order chi connectivity index (χ0) is 15.4. The lowest BCUT2D eigenvalue weighted by Gasteiger charge is -2.08. The van der Waals surface area contributed by atoms with Crippen molar-refractivity contribution in [1.29, 1.82) is 0 Å². The minimum absolute atomic E-state index is 0.0909. The smallest absolute Gasteiger partial charge is 0.345 e. The van der Waals surface area contributed by atoms with Crippen LogP contribution in [0.15, 0.2) is 29.3 Å². The van der Waals surface area contributed by atoms with Gasteiger partial charge < -0.3 is 11.1 Å². The Morgan fingerprint density at radius 2 is 2.19 bits per heavy atom. The fraction of sp³-hybridized carbons (Fsp3) is 0.357. The molecule has 0 saturated heterocycles. The highest BCUT2D eigenvalue weighted by Gasteiger charge is 2.06. The topological polar surface area (TPSA) is 94.9 Å². The number of carbonyl (C=O) groups is 1. The van der Waals surface area contributed by atoms with E-state index in [1.54, 1.807) is 19.2 Å². The van der Waals surface area contributed by atoms with Crippen molar-refractivity contribution < 1.29 is 4.79 Å². The van der Waals surface area contributed by atoms with Gasteiger partial charge in [-0.1, -0.05) is 0 Å². The highest BCUT2D eigenvalue weighted by Crippen LogP contribution is 2.17. The predicted molar refractivity (Wildman–Crippen MR) is 80.9 cm³/mol. The minimum Gasteiger partial charge on any atom is -0.399 e. The van der Waals surface area contributed by atoms with E-state index in [2.05, 4.69) is 10.4 Å². The molecule has 2 rings (SSSR count).